The summed E-state index contributed by atoms with van der Waals surface area (Å²) in [6.07, 6.45) is 3.75. The molecule has 2 amide bonds. The second-order valence-electron chi connectivity index (χ2n) is 7.75. The molecule has 3 heterocycles. The summed E-state index contributed by atoms with van der Waals surface area (Å²) in [4.78, 5) is 31.1. The topological polar surface area (TPSA) is 119 Å². The standard InChI is InChI=1S/C23H24ClN5O5/c1-14(13-32-2)33-17-8-15(21(30)27-20-4-5-26-28-20)9-18(11-17)34-22-19(24)10-16(12-25-22)23(31)29-6-3-7-29/h4-5,8-12,14H,3,6-7,13H2,1-2H3,(H2,26,27,28,30)/t14-/m0/s1. The first-order valence-corrected chi connectivity index (χ1v) is 11.0. The van der Waals surface area contributed by atoms with E-state index in [0.29, 0.717) is 23.7 Å². The number of aromatic amines is 1. The van der Waals surface area contributed by atoms with E-state index in [0.717, 1.165) is 19.5 Å². The molecule has 178 valence electrons. The fourth-order valence-corrected chi connectivity index (χ4v) is 3.49. The highest BCUT2D eigenvalue weighted by Gasteiger charge is 2.23. The van der Waals surface area contributed by atoms with Crippen LogP contribution in [0.25, 0.3) is 0 Å². The Balaban J connectivity index is 1.57. The molecule has 0 spiro atoms. The summed E-state index contributed by atoms with van der Waals surface area (Å²) in [5, 5.41) is 9.43. The molecule has 3 aromatic rings. The summed E-state index contributed by atoms with van der Waals surface area (Å²) in [5.41, 5.74) is 0.669. The number of carbonyl (C=O) groups is 2. The molecule has 1 aromatic carbocycles. The van der Waals surface area contributed by atoms with Crippen molar-refractivity contribution in [3.05, 3.63) is 58.9 Å². The molecule has 0 aliphatic carbocycles. The molecule has 2 N–H and O–H groups in total. The summed E-state index contributed by atoms with van der Waals surface area (Å²) in [5.74, 6) is 0.630. The number of pyridine rings is 1. The summed E-state index contributed by atoms with van der Waals surface area (Å²) >= 11 is 6.35. The second kappa shape index (κ2) is 10.5. The highest BCUT2D eigenvalue weighted by atomic mass is 35.5. The third-order valence-corrected chi connectivity index (χ3v) is 5.31. The molecule has 0 bridgehead atoms. The molecule has 10 nitrogen and oxygen atoms in total. The number of benzene rings is 1. The van der Waals surface area contributed by atoms with Gasteiger partial charge in [0.1, 0.15) is 22.6 Å². The number of H-pyrrole nitrogens is 1. The van der Waals surface area contributed by atoms with Crippen molar-refractivity contribution < 1.29 is 23.8 Å². The monoisotopic (exact) mass is 485 g/mol. The normalized spacial score (nSPS) is 13.7. The molecule has 1 aliphatic rings. The number of hydrogen-bond donors (Lipinski definition) is 2. The zero-order valence-electron chi connectivity index (χ0n) is 18.7. The summed E-state index contributed by atoms with van der Waals surface area (Å²) < 4.78 is 16.9. The molecule has 2 aromatic heterocycles. The molecule has 0 unspecified atom stereocenters. The third-order valence-electron chi connectivity index (χ3n) is 5.04. The number of nitrogens with one attached hydrogen (secondary N) is 2. The summed E-state index contributed by atoms with van der Waals surface area (Å²) in [6, 6.07) is 7.90. The number of nitrogens with zero attached hydrogens (tertiary/aromatic N) is 3. The molecule has 1 fully saturated rings. The van der Waals surface area contributed by atoms with E-state index >= 15 is 0 Å². The highest BCUT2D eigenvalue weighted by molar-refractivity contribution is 6.32. The number of methoxy groups -OCH3 is 1. The molecule has 34 heavy (non-hydrogen) atoms. The number of hydrogen-bond acceptors (Lipinski definition) is 7. The van der Waals surface area contributed by atoms with Gasteiger partial charge in [0.25, 0.3) is 11.8 Å². The lowest BCUT2D eigenvalue weighted by molar-refractivity contribution is 0.0651. The maximum absolute atomic E-state index is 12.8. The lowest BCUT2D eigenvalue weighted by Gasteiger charge is -2.30. The van der Waals surface area contributed by atoms with Gasteiger partial charge < -0.3 is 24.4 Å². The van der Waals surface area contributed by atoms with Crippen LogP contribution >= 0.6 is 11.6 Å². The average molecular weight is 486 g/mol. The van der Waals surface area contributed by atoms with Crippen molar-refractivity contribution in [1.82, 2.24) is 20.1 Å². The fraction of sp³-hybridized carbons (Fsp3) is 0.304. The van der Waals surface area contributed by atoms with Crippen molar-refractivity contribution in [2.24, 2.45) is 0 Å². The Labute approximate surface area is 201 Å². The molecule has 1 saturated heterocycles. The predicted octanol–water partition coefficient (Wildman–Crippen LogP) is 3.76. The van der Waals surface area contributed by atoms with Crippen molar-refractivity contribution in [1.29, 1.82) is 0 Å². The third kappa shape index (κ3) is 5.64. The van der Waals surface area contributed by atoms with Gasteiger partial charge in [0.05, 0.1) is 12.2 Å². The van der Waals surface area contributed by atoms with Crippen LogP contribution in [0.15, 0.2) is 42.7 Å². The van der Waals surface area contributed by atoms with Crippen LogP contribution in [-0.2, 0) is 4.74 Å². The Morgan fingerprint density at radius 1 is 1.21 bits per heavy atom. The Morgan fingerprint density at radius 2 is 2.00 bits per heavy atom. The Morgan fingerprint density at radius 3 is 2.65 bits per heavy atom. The summed E-state index contributed by atoms with van der Waals surface area (Å²) in [7, 11) is 1.58. The Hall–Kier alpha value is -3.63. The van der Waals surface area contributed by atoms with E-state index in [1.54, 1.807) is 36.4 Å². The number of likely N-dealkylation sites (tertiary alicyclic amines) is 1. The van der Waals surface area contributed by atoms with Gasteiger partial charge in [0.2, 0.25) is 5.88 Å². The SMILES string of the molecule is COC[C@H](C)Oc1cc(Oc2ncc(C(=O)N3CCC3)cc2Cl)cc(C(=O)Nc2cc[nH]n2)c1. The quantitative estimate of drug-likeness (QED) is 0.473. The van der Waals surface area contributed by atoms with Gasteiger partial charge in [-0.3, -0.25) is 14.7 Å². The van der Waals surface area contributed by atoms with Crippen molar-refractivity contribution in [3.8, 4) is 17.4 Å². The minimum atomic E-state index is -0.406. The van der Waals surface area contributed by atoms with Crippen LogP contribution < -0.4 is 14.8 Å². The van der Waals surface area contributed by atoms with Crippen LogP contribution in [0, 0.1) is 0 Å². The van der Waals surface area contributed by atoms with Gasteiger partial charge in [-0.1, -0.05) is 11.6 Å². The average Bonchev–Trinajstić information content (AvgIpc) is 3.27. The molecule has 1 atom stereocenters. The minimum Gasteiger partial charge on any atom is -0.488 e. The first-order valence-electron chi connectivity index (χ1n) is 10.7. The van der Waals surface area contributed by atoms with E-state index in [1.807, 2.05) is 6.92 Å². The zero-order chi connectivity index (χ0) is 24.1. The lowest BCUT2D eigenvalue weighted by Crippen LogP contribution is -2.42. The largest absolute Gasteiger partial charge is 0.488 e. The summed E-state index contributed by atoms with van der Waals surface area (Å²) in [6.45, 7) is 3.66. The van der Waals surface area contributed by atoms with Crippen LogP contribution in [0.4, 0.5) is 5.82 Å². The number of amides is 2. The van der Waals surface area contributed by atoms with E-state index in [2.05, 4.69) is 20.5 Å². The van der Waals surface area contributed by atoms with Crippen molar-refractivity contribution in [2.45, 2.75) is 19.4 Å². The fourth-order valence-electron chi connectivity index (χ4n) is 3.28. The van der Waals surface area contributed by atoms with Gasteiger partial charge in [-0.15, -0.1) is 0 Å². The van der Waals surface area contributed by atoms with Crippen LogP contribution in [0.5, 0.6) is 17.4 Å². The van der Waals surface area contributed by atoms with Crippen LogP contribution in [0.1, 0.15) is 34.1 Å². The minimum absolute atomic E-state index is 0.0996. The number of aromatic nitrogens is 3. The van der Waals surface area contributed by atoms with E-state index < -0.39 is 5.91 Å². The van der Waals surface area contributed by atoms with Gasteiger partial charge in [0, 0.05) is 50.3 Å². The molecular formula is C23H24ClN5O5. The van der Waals surface area contributed by atoms with Crippen molar-refractivity contribution >= 4 is 29.2 Å². The molecule has 11 heteroatoms. The first-order chi connectivity index (χ1) is 16.4. The second-order valence-corrected chi connectivity index (χ2v) is 8.16. The van der Waals surface area contributed by atoms with Crippen molar-refractivity contribution in [2.75, 3.05) is 32.1 Å². The maximum atomic E-state index is 12.8. The Bertz CT molecular complexity index is 1170. The molecule has 1 aliphatic heterocycles. The van der Waals surface area contributed by atoms with E-state index in [9.17, 15) is 9.59 Å². The van der Waals surface area contributed by atoms with Crippen LogP contribution in [0.2, 0.25) is 5.02 Å². The van der Waals surface area contributed by atoms with Gasteiger partial charge >= 0.3 is 0 Å². The van der Waals surface area contributed by atoms with Gasteiger partial charge in [-0.05, 0) is 31.5 Å². The first kappa shape index (κ1) is 23.5. The van der Waals surface area contributed by atoms with Gasteiger partial charge in [-0.2, -0.15) is 5.10 Å². The number of carbonyl (C=O) groups excluding carboxylic acids is 2. The van der Waals surface area contributed by atoms with Crippen LogP contribution in [0.3, 0.4) is 0 Å². The van der Waals surface area contributed by atoms with Crippen molar-refractivity contribution in [3.63, 3.8) is 0 Å². The lowest BCUT2D eigenvalue weighted by atomic mass is 10.1. The molecule has 0 saturated carbocycles. The number of ether oxygens (including phenoxy) is 3. The maximum Gasteiger partial charge on any atom is 0.257 e. The smallest absolute Gasteiger partial charge is 0.257 e. The molecule has 4 rings (SSSR count). The van der Waals surface area contributed by atoms with Gasteiger partial charge in [0.15, 0.2) is 5.82 Å². The number of anilines is 1. The van der Waals surface area contributed by atoms with E-state index in [-0.39, 0.29) is 34.2 Å². The van der Waals surface area contributed by atoms with E-state index in [4.69, 9.17) is 25.8 Å². The van der Waals surface area contributed by atoms with E-state index in [1.165, 1.54) is 18.3 Å². The van der Waals surface area contributed by atoms with Gasteiger partial charge in [-0.25, -0.2) is 4.98 Å². The molecule has 0 radical (unpaired) electrons. The highest BCUT2D eigenvalue weighted by Crippen LogP contribution is 2.32. The zero-order valence-corrected chi connectivity index (χ0v) is 19.5. The molecular weight excluding hydrogens is 462 g/mol. The van der Waals surface area contributed by atoms with Crippen LogP contribution in [-0.4, -0.2) is 64.8 Å². The number of rotatable bonds is 9. The number of halogens is 1. The Kier molecular flexibility index (Phi) is 7.29. The predicted molar refractivity (Wildman–Crippen MR) is 125 cm³/mol.